The summed E-state index contributed by atoms with van der Waals surface area (Å²) in [6.45, 7) is 3.12. The highest BCUT2D eigenvalue weighted by Gasteiger charge is 1.91. The number of rotatable bonds is 5. The molecule has 0 aliphatic carbocycles. The van der Waals surface area contributed by atoms with Crippen LogP contribution >= 0.6 is 0 Å². The van der Waals surface area contributed by atoms with E-state index in [0.717, 1.165) is 18.7 Å². The van der Waals surface area contributed by atoms with Gasteiger partial charge in [-0.2, -0.15) is 0 Å². The van der Waals surface area contributed by atoms with Gasteiger partial charge in [0.2, 0.25) is 5.56 Å². The lowest BCUT2D eigenvalue weighted by Crippen LogP contribution is -2.07. The maximum atomic E-state index is 10.9. The highest BCUT2D eigenvalue weighted by Crippen LogP contribution is 2.01. The summed E-state index contributed by atoms with van der Waals surface area (Å²) in [5, 5.41) is 3.20. The summed E-state index contributed by atoms with van der Waals surface area (Å²) in [4.78, 5) is 13.5. The fourth-order valence-corrected chi connectivity index (χ4v) is 1.16. The standard InChI is InChI=1S/C10H16N2O/c1-2-3-4-6-11-9-5-7-12-10(13)8-9/h5,7-8H,2-4,6H2,1H3,(H2,11,12,13). The second kappa shape index (κ2) is 5.41. The molecule has 0 spiro atoms. The number of pyridine rings is 1. The van der Waals surface area contributed by atoms with E-state index >= 15 is 0 Å². The highest BCUT2D eigenvalue weighted by atomic mass is 16.1. The molecule has 0 saturated carbocycles. The Labute approximate surface area is 78.2 Å². The molecule has 1 rings (SSSR count). The third kappa shape index (κ3) is 3.78. The van der Waals surface area contributed by atoms with Crippen molar-refractivity contribution in [2.45, 2.75) is 26.2 Å². The number of aromatic amines is 1. The Bertz CT molecular complexity index is 293. The van der Waals surface area contributed by atoms with Crippen molar-refractivity contribution in [1.29, 1.82) is 0 Å². The number of unbranched alkanes of at least 4 members (excludes halogenated alkanes) is 2. The summed E-state index contributed by atoms with van der Waals surface area (Å²) in [5.41, 5.74) is 0.848. The molecule has 0 saturated heterocycles. The van der Waals surface area contributed by atoms with E-state index in [1.807, 2.05) is 6.07 Å². The van der Waals surface area contributed by atoms with Crippen LogP contribution in [0, 0.1) is 0 Å². The molecule has 1 aromatic heterocycles. The van der Waals surface area contributed by atoms with Crippen molar-refractivity contribution in [2.24, 2.45) is 0 Å². The van der Waals surface area contributed by atoms with Gasteiger partial charge in [0.15, 0.2) is 0 Å². The van der Waals surface area contributed by atoms with Crippen LogP contribution in [-0.4, -0.2) is 11.5 Å². The number of H-pyrrole nitrogens is 1. The van der Waals surface area contributed by atoms with Crippen LogP contribution in [0.15, 0.2) is 23.1 Å². The van der Waals surface area contributed by atoms with Gasteiger partial charge in [0.1, 0.15) is 0 Å². The molecule has 1 heterocycles. The minimum atomic E-state index is -0.0551. The molecule has 0 aromatic carbocycles. The number of hydrogen-bond donors (Lipinski definition) is 2. The maximum Gasteiger partial charge on any atom is 0.249 e. The molecule has 0 bridgehead atoms. The van der Waals surface area contributed by atoms with Crippen molar-refractivity contribution in [3.05, 3.63) is 28.7 Å². The maximum absolute atomic E-state index is 10.9. The molecule has 0 amide bonds. The lowest BCUT2D eigenvalue weighted by molar-refractivity contribution is 0.743. The number of anilines is 1. The van der Waals surface area contributed by atoms with Crippen molar-refractivity contribution in [2.75, 3.05) is 11.9 Å². The summed E-state index contributed by atoms with van der Waals surface area (Å²) in [7, 11) is 0. The topological polar surface area (TPSA) is 44.9 Å². The molecule has 0 aliphatic heterocycles. The van der Waals surface area contributed by atoms with E-state index < -0.39 is 0 Å². The van der Waals surface area contributed by atoms with Crippen molar-refractivity contribution in [1.82, 2.24) is 4.98 Å². The molecule has 0 aliphatic rings. The average Bonchev–Trinajstić information content (AvgIpc) is 2.13. The summed E-state index contributed by atoms with van der Waals surface area (Å²) < 4.78 is 0. The van der Waals surface area contributed by atoms with E-state index in [-0.39, 0.29) is 5.56 Å². The molecule has 2 N–H and O–H groups in total. The van der Waals surface area contributed by atoms with Gasteiger partial charge in [-0.05, 0) is 12.5 Å². The molecule has 3 nitrogen and oxygen atoms in total. The zero-order valence-corrected chi connectivity index (χ0v) is 7.97. The molecule has 0 atom stereocenters. The lowest BCUT2D eigenvalue weighted by atomic mass is 10.2. The monoisotopic (exact) mass is 180 g/mol. The quantitative estimate of drug-likeness (QED) is 0.680. The predicted octanol–water partition coefficient (Wildman–Crippen LogP) is 1.98. The third-order valence-corrected chi connectivity index (χ3v) is 1.88. The first-order chi connectivity index (χ1) is 6.33. The number of hydrogen-bond acceptors (Lipinski definition) is 2. The van der Waals surface area contributed by atoms with E-state index in [0.29, 0.717) is 0 Å². The molecule has 13 heavy (non-hydrogen) atoms. The second-order valence-electron chi connectivity index (χ2n) is 3.08. The Morgan fingerprint density at radius 1 is 1.46 bits per heavy atom. The molecule has 1 aromatic rings. The largest absolute Gasteiger partial charge is 0.385 e. The van der Waals surface area contributed by atoms with Crippen molar-refractivity contribution >= 4 is 5.69 Å². The van der Waals surface area contributed by atoms with Crippen molar-refractivity contribution in [3.63, 3.8) is 0 Å². The summed E-state index contributed by atoms with van der Waals surface area (Å²) in [5.74, 6) is 0. The van der Waals surface area contributed by atoms with Gasteiger partial charge in [-0.15, -0.1) is 0 Å². The van der Waals surface area contributed by atoms with Crippen LogP contribution < -0.4 is 10.9 Å². The summed E-state index contributed by atoms with van der Waals surface area (Å²) in [6.07, 6.45) is 5.26. The summed E-state index contributed by atoms with van der Waals surface area (Å²) in [6, 6.07) is 3.44. The molecule has 0 radical (unpaired) electrons. The highest BCUT2D eigenvalue weighted by molar-refractivity contribution is 5.40. The van der Waals surface area contributed by atoms with E-state index in [2.05, 4.69) is 17.2 Å². The van der Waals surface area contributed by atoms with Gasteiger partial charge in [0, 0.05) is 24.5 Å². The van der Waals surface area contributed by atoms with Gasteiger partial charge in [-0.3, -0.25) is 4.79 Å². The minimum Gasteiger partial charge on any atom is -0.385 e. The van der Waals surface area contributed by atoms with E-state index in [4.69, 9.17) is 0 Å². The normalized spacial score (nSPS) is 9.92. The fourth-order valence-electron chi connectivity index (χ4n) is 1.16. The Balaban J connectivity index is 2.33. The molecule has 0 unspecified atom stereocenters. The van der Waals surface area contributed by atoms with Gasteiger partial charge in [0.05, 0.1) is 0 Å². The minimum absolute atomic E-state index is 0.0551. The van der Waals surface area contributed by atoms with Gasteiger partial charge in [0.25, 0.3) is 0 Å². The second-order valence-corrected chi connectivity index (χ2v) is 3.08. The SMILES string of the molecule is CCCCCNc1cc[nH]c(=O)c1. The van der Waals surface area contributed by atoms with Crippen LogP contribution in [0.1, 0.15) is 26.2 Å². The van der Waals surface area contributed by atoms with E-state index in [9.17, 15) is 4.79 Å². The van der Waals surface area contributed by atoms with Gasteiger partial charge in [-0.1, -0.05) is 19.8 Å². The first-order valence-electron chi connectivity index (χ1n) is 4.75. The van der Waals surface area contributed by atoms with Crippen LogP contribution in [0.3, 0.4) is 0 Å². The zero-order chi connectivity index (χ0) is 9.52. The van der Waals surface area contributed by atoms with Gasteiger partial charge >= 0.3 is 0 Å². The van der Waals surface area contributed by atoms with Crippen LogP contribution in [-0.2, 0) is 0 Å². The summed E-state index contributed by atoms with van der Waals surface area (Å²) >= 11 is 0. The van der Waals surface area contributed by atoms with Gasteiger partial charge < -0.3 is 10.3 Å². The molecule has 3 heteroatoms. The van der Waals surface area contributed by atoms with Crippen LogP contribution in [0.4, 0.5) is 5.69 Å². The Kier molecular flexibility index (Phi) is 4.09. The first kappa shape index (κ1) is 9.84. The van der Waals surface area contributed by atoms with Gasteiger partial charge in [-0.25, -0.2) is 0 Å². The Morgan fingerprint density at radius 2 is 2.31 bits per heavy atom. The van der Waals surface area contributed by atoms with E-state index in [1.54, 1.807) is 12.3 Å². The van der Waals surface area contributed by atoms with Crippen molar-refractivity contribution < 1.29 is 0 Å². The Hall–Kier alpha value is -1.25. The molecular formula is C10H16N2O. The lowest BCUT2D eigenvalue weighted by Gasteiger charge is -2.03. The first-order valence-corrected chi connectivity index (χ1v) is 4.75. The number of aromatic nitrogens is 1. The van der Waals surface area contributed by atoms with Crippen LogP contribution in [0.25, 0.3) is 0 Å². The van der Waals surface area contributed by atoms with Crippen LogP contribution in [0.2, 0.25) is 0 Å². The average molecular weight is 180 g/mol. The van der Waals surface area contributed by atoms with Crippen molar-refractivity contribution in [3.8, 4) is 0 Å². The zero-order valence-electron chi connectivity index (χ0n) is 7.97. The predicted molar refractivity (Wildman–Crippen MR) is 55.1 cm³/mol. The Morgan fingerprint density at radius 3 is 3.00 bits per heavy atom. The molecule has 72 valence electrons. The number of nitrogens with one attached hydrogen (secondary N) is 2. The third-order valence-electron chi connectivity index (χ3n) is 1.88. The fraction of sp³-hybridized carbons (Fsp3) is 0.500. The molecule has 0 fully saturated rings. The van der Waals surface area contributed by atoms with Crippen LogP contribution in [0.5, 0.6) is 0 Å². The molecular weight excluding hydrogens is 164 g/mol. The smallest absolute Gasteiger partial charge is 0.249 e. The van der Waals surface area contributed by atoms with E-state index in [1.165, 1.54) is 12.8 Å².